The average Bonchev–Trinajstić information content (AvgIpc) is 2.35. The normalized spacial score (nSPS) is 21.5. The number of hydrogen-bond donors (Lipinski definition) is 0. The fraction of sp³-hybridized carbons (Fsp3) is 0.600. The van der Waals surface area contributed by atoms with Crippen LogP contribution in [0.1, 0.15) is 49.7 Å². The number of fused-ring (bicyclic) bond motifs is 1. The van der Waals surface area contributed by atoms with E-state index in [9.17, 15) is 0 Å². The number of hydrogen-bond acceptors (Lipinski definition) is 0. The van der Waals surface area contributed by atoms with Crippen molar-refractivity contribution in [3.63, 3.8) is 0 Å². The van der Waals surface area contributed by atoms with Crippen molar-refractivity contribution in [2.24, 2.45) is 5.92 Å². The summed E-state index contributed by atoms with van der Waals surface area (Å²) in [7, 11) is 0. The lowest BCUT2D eigenvalue weighted by Gasteiger charge is -2.26. The molecule has 0 saturated heterocycles. The van der Waals surface area contributed by atoms with Gasteiger partial charge in [0.1, 0.15) is 0 Å². The number of aryl methyl sites for hydroxylation is 1. The predicted octanol–water partition coefficient (Wildman–Crippen LogP) is 4.92. The minimum Gasteiger partial charge on any atom is -0.0925 e. The van der Waals surface area contributed by atoms with E-state index in [-0.39, 0.29) is 0 Å². The highest BCUT2D eigenvalue weighted by molar-refractivity contribution is 9.09. The van der Waals surface area contributed by atoms with Gasteiger partial charge in [0.15, 0.2) is 0 Å². The van der Waals surface area contributed by atoms with Crippen molar-refractivity contribution in [2.45, 2.75) is 44.9 Å². The topological polar surface area (TPSA) is 0 Å². The molecule has 88 valence electrons. The van der Waals surface area contributed by atoms with Crippen molar-refractivity contribution in [3.05, 3.63) is 35.4 Å². The summed E-state index contributed by atoms with van der Waals surface area (Å²) in [6, 6.07) is 9.04. The van der Waals surface area contributed by atoms with E-state index in [4.69, 9.17) is 0 Å². The van der Waals surface area contributed by atoms with Crippen LogP contribution in [-0.2, 0) is 6.42 Å². The van der Waals surface area contributed by atoms with Crippen LogP contribution in [-0.4, -0.2) is 5.33 Å². The molecule has 0 bridgehead atoms. The van der Waals surface area contributed by atoms with E-state index in [0.717, 1.165) is 17.2 Å². The van der Waals surface area contributed by atoms with E-state index in [0.29, 0.717) is 0 Å². The highest BCUT2D eigenvalue weighted by Crippen LogP contribution is 2.35. The highest BCUT2D eigenvalue weighted by Gasteiger charge is 2.19. The Balaban J connectivity index is 2.01. The summed E-state index contributed by atoms with van der Waals surface area (Å²) in [6.07, 6.45) is 6.78. The maximum atomic E-state index is 3.57. The lowest BCUT2D eigenvalue weighted by molar-refractivity contribution is 0.460. The van der Waals surface area contributed by atoms with Gasteiger partial charge in [0.25, 0.3) is 0 Å². The SMILES string of the molecule is CC(CBr)CCC1CCCc2ccccc21. The molecule has 2 atom stereocenters. The Kier molecular flexibility index (Phi) is 4.45. The van der Waals surface area contributed by atoms with E-state index >= 15 is 0 Å². The largest absolute Gasteiger partial charge is 0.0925 e. The Bertz CT molecular complexity index is 332. The van der Waals surface area contributed by atoms with Crippen LogP contribution in [0.4, 0.5) is 0 Å². The molecule has 0 N–H and O–H groups in total. The van der Waals surface area contributed by atoms with Gasteiger partial charge in [-0.1, -0.05) is 47.1 Å². The summed E-state index contributed by atoms with van der Waals surface area (Å²) >= 11 is 3.57. The van der Waals surface area contributed by atoms with Crippen LogP contribution >= 0.6 is 15.9 Å². The van der Waals surface area contributed by atoms with Crippen LogP contribution < -0.4 is 0 Å². The molecule has 0 saturated carbocycles. The van der Waals surface area contributed by atoms with Crippen molar-refractivity contribution in [1.29, 1.82) is 0 Å². The minimum absolute atomic E-state index is 0.814. The number of rotatable bonds is 4. The minimum atomic E-state index is 0.814. The fourth-order valence-electron chi connectivity index (χ4n) is 2.72. The van der Waals surface area contributed by atoms with E-state index < -0.39 is 0 Å². The van der Waals surface area contributed by atoms with Gasteiger partial charge in [0.05, 0.1) is 0 Å². The molecule has 1 aliphatic carbocycles. The van der Waals surface area contributed by atoms with E-state index in [2.05, 4.69) is 47.1 Å². The molecule has 0 fully saturated rings. The second-order valence-corrected chi connectivity index (χ2v) is 5.77. The van der Waals surface area contributed by atoms with E-state index in [1.807, 2.05) is 0 Å². The third kappa shape index (κ3) is 2.88. The summed E-state index contributed by atoms with van der Waals surface area (Å²) in [5.41, 5.74) is 3.24. The van der Waals surface area contributed by atoms with Gasteiger partial charge in [-0.2, -0.15) is 0 Å². The van der Waals surface area contributed by atoms with Crippen LogP contribution in [0.25, 0.3) is 0 Å². The maximum absolute atomic E-state index is 3.57. The second-order valence-electron chi connectivity index (χ2n) is 5.12. The molecule has 0 amide bonds. The molecule has 0 aliphatic heterocycles. The molecular weight excluding hydrogens is 260 g/mol. The monoisotopic (exact) mass is 280 g/mol. The molecule has 1 aromatic carbocycles. The molecule has 1 heteroatoms. The summed E-state index contributed by atoms with van der Waals surface area (Å²) in [5.74, 6) is 1.64. The first-order valence-corrected chi connectivity index (χ1v) is 7.57. The van der Waals surface area contributed by atoms with Crippen LogP contribution in [0.2, 0.25) is 0 Å². The molecule has 2 rings (SSSR count). The lowest BCUT2D eigenvalue weighted by Crippen LogP contribution is -2.11. The van der Waals surface area contributed by atoms with Gasteiger partial charge in [0.2, 0.25) is 0 Å². The zero-order chi connectivity index (χ0) is 11.4. The average molecular weight is 281 g/mol. The second kappa shape index (κ2) is 5.86. The van der Waals surface area contributed by atoms with Crippen LogP contribution in [0.15, 0.2) is 24.3 Å². The molecule has 0 radical (unpaired) electrons. The first-order valence-electron chi connectivity index (χ1n) is 6.45. The zero-order valence-electron chi connectivity index (χ0n) is 10.1. The first kappa shape index (κ1) is 12.2. The summed E-state index contributed by atoms with van der Waals surface area (Å²) in [4.78, 5) is 0. The van der Waals surface area contributed by atoms with Crippen molar-refractivity contribution in [2.75, 3.05) is 5.33 Å². The third-order valence-electron chi connectivity index (χ3n) is 3.76. The van der Waals surface area contributed by atoms with E-state index in [1.165, 1.54) is 32.1 Å². The summed E-state index contributed by atoms with van der Waals surface area (Å²) in [5, 5.41) is 1.14. The third-order valence-corrected chi connectivity index (χ3v) is 4.87. The summed E-state index contributed by atoms with van der Waals surface area (Å²) < 4.78 is 0. The standard InChI is InChI=1S/C15H21Br/c1-12(11-16)9-10-14-7-4-6-13-5-2-3-8-15(13)14/h2-3,5,8,12,14H,4,6-7,9-11H2,1H3. The van der Waals surface area contributed by atoms with Crippen molar-refractivity contribution in [3.8, 4) is 0 Å². The molecule has 1 aromatic rings. The van der Waals surface area contributed by atoms with Crippen molar-refractivity contribution in [1.82, 2.24) is 0 Å². The van der Waals surface area contributed by atoms with Gasteiger partial charge in [-0.3, -0.25) is 0 Å². The summed E-state index contributed by atoms with van der Waals surface area (Å²) in [6.45, 7) is 2.34. The van der Waals surface area contributed by atoms with Crippen LogP contribution in [0, 0.1) is 5.92 Å². The molecule has 16 heavy (non-hydrogen) atoms. The smallest absolute Gasteiger partial charge is 0.00570 e. The van der Waals surface area contributed by atoms with E-state index in [1.54, 1.807) is 11.1 Å². The fourth-order valence-corrected chi connectivity index (χ4v) is 3.04. The molecule has 0 heterocycles. The van der Waals surface area contributed by atoms with Gasteiger partial charge in [-0.05, 0) is 55.1 Å². The molecule has 0 spiro atoms. The molecule has 1 aliphatic rings. The van der Waals surface area contributed by atoms with Gasteiger partial charge >= 0.3 is 0 Å². The van der Waals surface area contributed by atoms with Crippen LogP contribution in [0.3, 0.4) is 0 Å². The molecule has 0 aromatic heterocycles. The van der Waals surface area contributed by atoms with Gasteiger partial charge < -0.3 is 0 Å². The molecule has 0 nitrogen and oxygen atoms in total. The Morgan fingerprint density at radius 3 is 3.00 bits per heavy atom. The Hall–Kier alpha value is -0.300. The number of benzene rings is 1. The Morgan fingerprint density at radius 2 is 2.19 bits per heavy atom. The first-order chi connectivity index (χ1) is 7.81. The Morgan fingerprint density at radius 1 is 1.38 bits per heavy atom. The highest BCUT2D eigenvalue weighted by atomic mass is 79.9. The zero-order valence-corrected chi connectivity index (χ0v) is 11.7. The van der Waals surface area contributed by atoms with Gasteiger partial charge in [0, 0.05) is 5.33 Å². The quantitative estimate of drug-likeness (QED) is 0.687. The maximum Gasteiger partial charge on any atom is 0.00570 e. The van der Waals surface area contributed by atoms with Crippen LogP contribution in [0.5, 0.6) is 0 Å². The van der Waals surface area contributed by atoms with Crippen molar-refractivity contribution < 1.29 is 0 Å². The number of alkyl halides is 1. The van der Waals surface area contributed by atoms with Crippen molar-refractivity contribution >= 4 is 15.9 Å². The van der Waals surface area contributed by atoms with Gasteiger partial charge in [-0.25, -0.2) is 0 Å². The molecule has 2 unspecified atom stereocenters. The van der Waals surface area contributed by atoms with Gasteiger partial charge in [-0.15, -0.1) is 0 Å². The lowest BCUT2D eigenvalue weighted by atomic mass is 9.79. The number of halogens is 1. The predicted molar refractivity (Wildman–Crippen MR) is 74.3 cm³/mol. The molecular formula is C15H21Br. The Labute approximate surface area is 108 Å².